The lowest BCUT2D eigenvalue weighted by Gasteiger charge is -2.13. The molecule has 0 saturated heterocycles. The van der Waals surface area contributed by atoms with Gasteiger partial charge in [0.25, 0.3) is 0 Å². The lowest BCUT2D eigenvalue weighted by atomic mass is 9.98. The van der Waals surface area contributed by atoms with Gasteiger partial charge in [0.15, 0.2) is 0 Å². The Bertz CT molecular complexity index is 570. The van der Waals surface area contributed by atoms with E-state index in [9.17, 15) is 13.9 Å². The summed E-state index contributed by atoms with van der Waals surface area (Å²) >= 11 is 0. The second-order valence-electron chi connectivity index (χ2n) is 4.82. The number of halogens is 2. The van der Waals surface area contributed by atoms with Crippen molar-refractivity contribution in [1.29, 1.82) is 0 Å². The topological polar surface area (TPSA) is 20.2 Å². The van der Waals surface area contributed by atoms with Crippen molar-refractivity contribution in [3.8, 4) is 0 Å². The highest BCUT2D eigenvalue weighted by Crippen LogP contribution is 2.23. The average molecular weight is 262 g/mol. The zero-order valence-electron chi connectivity index (χ0n) is 11.0. The van der Waals surface area contributed by atoms with Gasteiger partial charge in [0.2, 0.25) is 0 Å². The van der Waals surface area contributed by atoms with Gasteiger partial charge in [-0.15, -0.1) is 0 Å². The molecule has 1 nitrogen and oxygen atoms in total. The quantitative estimate of drug-likeness (QED) is 0.890. The van der Waals surface area contributed by atoms with Crippen LogP contribution in [-0.2, 0) is 6.42 Å². The Hall–Kier alpha value is -1.74. The number of rotatable bonds is 3. The van der Waals surface area contributed by atoms with E-state index in [-0.39, 0.29) is 11.6 Å². The lowest BCUT2D eigenvalue weighted by Crippen LogP contribution is -2.04. The van der Waals surface area contributed by atoms with Crippen molar-refractivity contribution in [3.63, 3.8) is 0 Å². The van der Waals surface area contributed by atoms with E-state index in [1.54, 1.807) is 38.1 Å². The summed E-state index contributed by atoms with van der Waals surface area (Å²) in [6.07, 6.45) is -0.456. The van der Waals surface area contributed by atoms with E-state index in [0.29, 0.717) is 28.7 Å². The van der Waals surface area contributed by atoms with Gasteiger partial charge < -0.3 is 5.11 Å². The third-order valence-corrected chi connectivity index (χ3v) is 3.16. The second-order valence-corrected chi connectivity index (χ2v) is 4.82. The number of benzene rings is 2. The Morgan fingerprint density at radius 1 is 1.05 bits per heavy atom. The first-order valence-electron chi connectivity index (χ1n) is 6.16. The molecular formula is C16H16F2O. The molecule has 0 aliphatic carbocycles. The van der Waals surface area contributed by atoms with Crippen LogP contribution in [0.3, 0.4) is 0 Å². The van der Waals surface area contributed by atoms with Crippen LogP contribution in [0.1, 0.15) is 28.4 Å². The molecule has 1 N–H and O–H groups in total. The number of aliphatic hydroxyl groups is 1. The predicted molar refractivity (Wildman–Crippen MR) is 70.9 cm³/mol. The first kappa shape index (κ1) is 13.7. The zero-order chi connectivity index (χ0) is 14.0. The largest absolute Gasteiger partial charge is 0.388 e. The van der Waals surface area contributed by atoms with Crippen LogP contribution in [0.15, 0.2) is 36.4 Å². The average Bonchev–Trinajstić information content (AvgIpc) is 2.35. The van der Waals surface area contributed by atoms with Crippen molar-refractivity contribution in [1.82, 2.24) is 0 Å². The Morgan fingerprint density at radius 2 is 1.68 bits per heavy atom. The van der Waals surface area contributed by atoms with Crippen LogP contribution >= 0.6 is 0 Å². The van der Waals surface area contributed by atoms with Crippen LogP contribution in [0.25, 0.3) is 0 Å². The molecule has 19 heavy (non-hydrogen) atoms. The van der Waals surface area contributed by atoms with Gasteiger partial charge in [0.1, 0.15) is 11.6 Å². The Labute approximate surface area is 111 Å². The van der Waals surface area contributed by atoms with Crippen molar-refractivity contribution in [2.24, 2.45) is 0 Å². The second kappa shape index (κ2) is 5.49. The molecule has 2 rings (SSSR count). The van der Waals surface area contributed by atoms with E-state index in [0.717, 1.165) is 0 Å². The molecule has 0 fully saturated rings. The number of hydrogen-bond donors (Lipinski definition) is 1. The van der Waals surface area contributed by atoms with E-state index in [4.69, 9.17) is 0 Å². The van der Waals surface area contributed by atoms with Crippen LogP contribution < -0.4 is 0 Å². The number of aliphatic hydroxyl groups excluding tert-OH is 1. The van der Waals surface area contributed by atoms with Gasteiger partial charge in [-0.05, 0) is 48.2 Å². The van der Waals surface area contributed by atoms with Crippen LogP contribution in [-0.4, -0.2) is 5.11 Å². The molecule has 2 aromatic rings. The molecular weight excluding hydrogens is 246 g/mol. The van der Waals surface area contributed by atoms with Gasteiger partial charge in [-0.2, -0.15) is 0 Å². The minimum atomic E-state index is -0.764. The fraction of sp³-hybridized carbons (Fsp3) is 0.250. The predicted octanol–water partition coefficient (Wildman–Crippen LogP) is 3.86. The summed E-state index contributed by atoms with van der Waals surface area (Å²) in [6, 6.07) is 9.39. The summed E-state index contributed by atoms with van der Waals surface area (Å²) in [5.41, 5.74) is 2.38. The van der Waals surface area contributed by atoms with E-state index in [2.05, 4.69) is 0 Å². The summed E-state index contributed by atoms with van der Waals surface area (Å²) in [6.45, 7) is 3.33. The summed E-state index contributed by atoms with van der Waals surface area (Å²) in [5.74, 6) is -0.571. The zero-order valence-corrected chi connectivity index (χ0v) is 11.0. The summed E-state index contributed by atoms with van der Waals surface area (Å²) in [4.78, 5) is 0. The molecule has 0 heterocycles. The molecule has 2 aromatic carbocycles. The van der Waals surface area contributed by atoms with E-state index in [1.807, 2.05) is 0 Å². The Morgan fingerprint density at radius 3 is 2.26 bits per heavy atom. The highest BCUT2D eigenvalue weighted by Gasteiger charge is 2.12. The minimum absolute atomic E-state index is 0.248. The monoisotopic (exact) mass is 262 g/mol. The molecule has 3 heteroatoms. The number of aryl methyl sites for hydroxylation is 2. The number of hydrogen-bond acceptors (Lipinski definition) is 1. The maximum Gasteiger partial charge on any atom is 0.129 e. The summed E-state index contributed by atoms with van der Waals surface area (Å²) in [5, 5.41) is 10.2. The van der Waals surface area contributed by atoms with E-state index < -0.39 is 6.10 Å². The highest BCUT2D eigenvalue weighted by atomic mass is 19.1. The molecule has 100 valence electrons. The molecule has 1 unspecified atom stereocenters. The molecule has 0 bridgehead atoms. The van der Waals surface area contributed by atoms with Crippen molar-refractivity contribution in [3.05, 3.63) is 70.3 Å². The fourth-order valence-electron chi connectivity index (χ4n) is 2.18. The van der Waals surface area contributed by atoms with Crippen molar-refractivity contribution in [2.45, 2.75) is 26.4 Å². The highest BCUT2D eigenvalue weighted by molar-refractivity contribution is 5.32. The SMILES string of the molecule is Cc1cc(C(O)Cc2cccc(F)c2)cc(C)c1F. The van der Waals surface area contributed by atoms with Gasteiger partial charge in [0.05, 0.1) is 6.10 Å². The maximum absolute atomic E-state index is 13.5. The minimum Gasteiger partial charge on any atom is -0.388 e. The Kier molecular flexibility index (Phi) is 3.96. The standard InChI is InChI=1S/C16H16F2O/c1-10-6-13(7-11(2)16(10)18)15(19)9-12-4-3-5-14(17)8-12/h3-8,15,19H,9H2,1-2H3. The molecule has 0 amide bonds. The van der Waals surface area contributed by atoms with Gasteiger partial charge in [-0.1, -0.05) is 24.3 Å². The molecule has 0 radical (unpaired) electrons. The fourth-order valence-corrected chi connectivity index (χ4v) is 2.18. The van der Waals surface area contributed by atoms with E-state index >= 15 is 0 Å². The smallest absolute Gasteiger partial charge is 0.129 e. The van der Waals surface area contributed by atoms with Gasteiger partial charge >= 0.3 is 0 Å². The van der Waals surface area contributed by atoms with Crippen LogP contribution in [0, 0.1) is 25.5 Å². The van der Waals surface area contributed by atoms with Crippen LogP contribution in [0.2, 0.25) is 0 Å². The molecule has 0 saturated carbocycles. The molecule has 0 aliphatic rings. The first-order valence-corrected chi connectivity index (χ1v) is 6.16. The molecule has 0 spiro atoms. The van der Waals surface area contributed by atoms with Crippen LogP contribution in [0.4, 0.5) is 8.78 Å². The maximum atomic E-state index is 13.5. The third kappa shape index (κ3) is 3.18. The summed E-state index contributed by atoms with van der Waals surface area (Å²) < 4.78 is 26.6. The van der Waals surface area contributed by atoms with E-state index in [1.165, 1.54) is 12.1 Å². The third-order valence-electron chi connectivity index (χ3n) is 3.16. The van der Waals surface area contributed by atoms with Crippen molar-refractivity contribution >= 4 is 0 Å². The van der Waals surface area contributed by atoms with Crippen molar-refractivity contribution in [2.75, 3.05) is 0 Å². The van der Waals surface area contributed by atoms with Crippen LogP contribution in [0.5, 0.6) is 0 Å². The lowest BCUT2D eigenvalue weighted by molar-refractivity contribution is 0.178. The van der Waals surface area contributed by atoms with Gasteiger partial charge in [-0.25, -0.2) is 8.78 Å². The molecule has 0 aliphatic heterocycles. The first-order chi connectivity index (χ1) is 8.97. The molecule has 1 atom stereocenters. The Balaban J connectivity index is 2.23. The van der Waals surface area contributed by atoms with Gasteiger partial charge in [-0.3, -0.25) is 0 Å². The normalized spacial score (nSPS) is 12.5. The van der Waals surface area contributed by atoms with Gasteiger partial charge in [0, 0.05) is 6.42 Å². The van der Waals surface area contributed by atoms with Crippen molar-refractivity contribution < 1.29 is 13.9 Å². The molecule has 0 aromatic heterocycles. The summed E-state index contributed by atoms with van der Waals surface area (Å²) in [7, 11) is 0.